The monoisotopic (exact) mass is 175 g/mol. The second-order valence-electron chi connectivity index (χ2n) is 1.81. The molecule has 0 amide bonds. The van der Waals surface area contributed by atoms with Crippen LogP contribution in [0.2, 0.25) is 0 Å². The van der Waals surface area contributed by atoms with Crippen molar-refractivity contribution in [2.24, 2.45) is 5.10 Å². The van der Waals surface area contributed by atoms with Crippen molar-refractivity contribution in [1.29, 1.82) is 0 Å². The van der Waals surface area contributed by atoms with E-state index < -0.39 is 0 Å². The lowest BCUT2D eigenvalue weighted by Crippen LogP contribution is -2.17. The summed E-state index contributed by atoms with van der Waals surface area (Å²) in [7, 11) is 0. The van der Waals surface area contributed by atoms with Crippen LogP contribution in [0.3, 0.4) is 0 Å². The predicted octanol–water partition coefficient (Wildman–Crippen LogP) is 1.28. The molecule has 1 atom stereocenters. The van der Waals surface area contributed by atoms with Crippen molar-refractivity contribution in [2.45, 2.75) is 18.9 Å². The fourth-order valence-corrected chi connectivity index (χ4v) is 1.12. The van der Waals surface area contributed by atoms with E-state index in [1.54, 1.807) is 0 Å². The zero-order chi connectivity index (χ0) is 5.98. The maximum absolute atomic E-state index is 3.93. The van der Waals surface area contributed by atoms with Crippen LogP contribution in [0, 0.1) is 6.92 Å². The summed E-state index contributed by atoms with van der Waals surface area (Å²) < 4.78 is 1.01. The van der Waals surface area contributed by atoms with Gasteiger partial charge in [-0.25, -0.2) is 0 Å². The Hall–Kier alpha value is -0.0500. The smallest absolute Gasteiger partial charge is 0.105 e. The van der Waals surface area contributed by atoms with Gasteiger partial charge < -0.3 is 5.43 Å². The number of hydrogen-bond donors (Lipinski definition) is 1. The lowest BCUT2D eigenvalue weighted by molar-refractivity contribution is 0.590. The molecule has 0 saturated carbocycles. The first kappa shape index (κ1) is 6.08. The Morgan fingerprint density at radius 3 is 3.00 bits per heavy atom. The summed E-state index contributed by atoms with van der Waals surface area (Å²) in [6.07, 6.45) is 1.89. The van der Waals surface area contributed by atoms with Gasteiger partial charge in [0.2, 0.25) is 0 Å². The molecule has 1 unspecified atom stereocenters. The van der Waals surface area contributed by atoms with E-state index in [9.17, 15) is 0 Å². The van der Waals surface area contributed by atoms with E-state index in [2.05, 4.69) is 33.4 Å². The highest BCUT2D eigenvalue weighted by Gasteiger charge is 2.12. The molecule has 1 aliphatic heterocycles. The van der Waals surface area contributed by atoms with Crippen LogP contribution in [0.5, 0.6) is 0 Å². The SMILES string of the molecule is [CH2]CC1CC(Br)=NN1. The maximum atomic E-state index is 3.93. The van der Waals surface area contributed by atoms with Gasteiger partial charge in [0.05, 0.1) is 6.04 Å². The zero-order valence-corrected chi connectivity index (χ0v) is 6.11. The van der Waals surface area contributed by atoms with Gasteiger partial charge in [-0.3, -0.25) is 0 Å². The van der Waals surface area contributed by atoms with Gasteiger partial charge in [-0.1, -0.05) is 6.92 Å². The highest BCUT2D eigenvalue weighted by molar-refractivity contribution is 9.18. The molecule has 1 heterocycles. The minimum absolute atomic E-state index is 0.462. The molecule has 45 valence electrons. The molecule has 1 aliphatic rings. The first-order chi connectivity index (χ1) is 3.83. The van der Waals surface area contributed by atoms with Crippen LogP contribution in [0.4, 0.5) is 0 Å². The van der Waals surface area contributed by atoms with E-state index in [0.717, 1.165) is 17.5 Å². The highest BCUT2D eigenvalue weighted by Crippen LogP contribution is 2.09. The molecule has 0 fully saturated rings. The molecular weight excluding hydrogens is 168 g/mol. The highest BCUT2D eigenvalue weighted by atomic mass is 79.9. The first-order valence-electron chi connectivity index (χ1n) is 2.59. The van der Waals surface area contributed by atoms with Crippen LogP contribution >= 0.6 is 15.9 Å². The van der Waals surface area contributed by atoms with E-state index >= 15 is 0 Å². The van der Waals surface area contributed by atoms with Crippen molar-refractivity contribution in [3.63, 3.8) is 0 Å². The van der Waals surface area contributed by atoms with Gasteiger partial charge >= 0.3 is 0 Å². The van der Waals surface area contributed by atoms with Crippen molar-refractivity contribution in [2.75, 3.05) is 0 Å². The van der Waals surface area contributed by atoms with Crippen molar-refractivity contribution in [3.05, 3.63) is 6.92 Å². The maximum Gasteiger partial charge on any atom is 0.105 e. The molecular formula is C5H8BrN2. The fraction of sp³-hybridized carbons (Fsp3) is 0.600. The predicted molar refractivity (Wildman–Crippen MR) is 37.9 cm³/mol. The van der Waals surface area contributed by atoms with Gasteiger partial charge in [0.25, 0.3) is 0 Å². The Labute approximate surface area is 57.5 Å². The molecule has 0 spiro atoms. The molecule has 8 heavy (non-hydrogen) atoms. The second kappa shape index (κ2) is 2.49. The summed E-state index contributed by atoms with van der Waals surface area (Å²) in [5.41, 5.74) is 2.93. The Balaban J connectivity index is 2.32. The number of hydrazone groups is 1. The van der Waals surface area contributed by atoms with Crippen LogP contribution in [0.15, 0.2) is 5.10 Å². The summed E-state index contributed by atoms with van der Waals surface area (Å²) >= 11 is 3.28. The third kappa shape index (κ3) is 1.22. The van der Waals surface area contributed by atoms with E-state index in [1.807, 2.05) is 0 Å². The summed E-state index contributed by atoms with van der Waals surface area (Å²) in [4.78, 5) is 0. The van der Waals surface area contributed by atoms with Gasteiger partial charge in [-0.05, 0) is 22.4 Å². The van der Waals surface area contributed by atoms with Crippen LogP contribution in [-0.2, 0) is 0 Å². The van der Waals surface area contributed by atoms with Gasteiger partial charge in [0, 0.05) is 6.42 Å². The van der Waals surface area contributed by atoms with Crippen LogP contribution < -0.4 is 5.43 Å². The summed E-state index contributed by atoms with van der Waals surface area (Å²) in [6, 6.07) is 0.462. The third-order valence-electron chi connectivity index (χ3n) is 1.13. The van der Waals surface area contributed by atoms with E-state index in [0.29, 0.717) is 6.04 Å². The van der Waals surface area contributed by atoms with Gasteiger partial charge in [0.15, 0.2) is 0 Å². The minimum atomic E-state index is 0.462. The van der Waals surface area contributed by atoms with Crippen molar-refractivity contribution >= 4 is 20.6 Å². The molecule has 1 N–H and O–H groups in total. The molecule has 0 aromatic rings. The molecule has 2 nitrogen and oxygen atoms in total. The Morgan fingerprint density at radius 2 is 2.75 bits per heavy atom. The number of nitrogens with one attached hydrogen (secondary N) is 1. The summed E-state index contributed by atoms with van der Waals surface area (Å²) in [6.45, 7) is 3.75. The number of halogens is 1. The Morgan fingerprint density at radius 1 is 2.00 bits per heavy atom. The average molecular weight is 176 g/mol. The Kier molecular flexibility index (Phi) is 1.89. The minimum Gasteiger partial charge on any atom is -0.306 e. The molecule has 1 rings (SSSR count). The third-order valence-corrected chi connectivity index (χ3v) is 1.63. The fourth-order valence-electron chi connectivity index (χ4n) is 0.623. The number of nitrogens with zero attached hydrogens (tertiary/aromatic N) is 1. The largest absolute Gasteiger partial charge is 0.306 e. The molecule has 1 radical (unpaired) electrons. The van der Waals surface area contributed by atoms with Crippen LogP contribution in [0.25, 0.3) is 0 Å². The lowest BCUT2D eigenvalue weighted by Gasteiger charge is -2.01. The molecule has 0 aromatic carbocycles. The zero-order valence-electron chi connectivity index (χ0n) is 4.52. The lowest BCUT2D eigenvalue weighted by atomic mass is 10.2. The number of rotatable bonds is 1. The molecule has 3 heteroatoms. The summed E-state index contributed by atoms with van der Waals surface area (Å²) in [5, 5.41) is 3.93. The van der Waals surface area contributed by atoms with Gasteiger partial charge in [-0.15, -0.1) is 0 Å². The standard InChI is InChI=1S/C5H8BrN2/c1-2-4-3-5(6)8-7-4/h4,7H,1-3H2. The second-order valence-corrected chi connectivity index (χ2v) is 2.72. The van der Waals surface area contributed by atoms with E-state index in [-0.39, 0.29) is 0 Å². The average Bonchev–Trinajstić information content (AvgIpc) is 2.14. The molecule has 0 bridgehead atoms. The summed E-state index contributed by atoms with van der Waals surface area (Å²) in [5.74, 6) is 0. The van der Waals surface area contributed by atoms with E-state index in [1.165, 1.54) is 0 Å². The van der Waals surface area contributed by atoms with Gasteiger partial charge in [-0.2, -0.15) is 5.10 Å². The number of hydrogen-bond acceptors (Lipinski definition) is 2. The topological polar surface area (TPSA) is 24.4 Å². The van der Waals surface area contributed by atoms with Crippen LogP contribution in [0.1, 0.15) is 12.8 Å². The van der Waals surface area contributed by atoms with Crippen molar-refractivity contribution in [1.82, 2.24) is 5.43 Å². The Bertz CT molecular complexity index is 111. The van der Waals surface area contributed by atoms with Crippen molar-refractivity contribution < 1.29 is 0 Å². The van der Waals surface area contributed by atoms with Crippen molar-refractivity contribution in [3.8, 4) is 0 Å². The quantitative estimate of drug-likeness (QED) is 0.639. The first-order valence-corrected chi connectivity index (χ1v) is 3.39. The van der Waals surface area contributed by atoms with E-state index in [4.69, 9.17) is 0 Å². The molecule has 0 aliphatic carbocycles. The molecule has 0 aromatic heterocycles. The van der Waals surface area contributed by atoms with Gasteiger partial charge in [0.1, 0.15) is 4.62 Å². The van der Waals surface area contributed by atoms with Crippen LogP contribution in [-0.4, -0.2) is 10.7 Å². The molecule has 0 saturated heterocycles. The normalized spacial score (nSPS) is 27.2.